The predicted molar refractivity (Wildman–Crippen MR) is 63.7 cm³/mol. The third kappa shape index (κ3) is 4.87. The van der Waals surface area contributed by atoms with Crippen molar-refractivity contribution in [1.29, 1.82) is 0 Å². The minimum absolute atomic E-state index is 0.0665. The Bertz CT molecular complexity index is 435. The Kier molecular flexibility index (Phi) is 4.89. The second-order valence-electron chi connectivity index (χ2n) is 3.55. The Balaban J connectivity index is 2.43. The Labute approximate surface area is 106 Å². The quantitative estimate of drug-likeness (QED) is 0.833. The van der Waals surface area contributed by atoms with E-state index in [1.807, 2.05) is 0 Å². The zero-order valence-electron chi connectivity index (χ0n) is 9.54. The van der Waals surface area contributed by atoms with Gasteiger partial charge in [0.05, 0.1) is 0 Å². The minimum Gasteiger partial charge on any atom is -0.508 e. The second kappa shape index (κ2) is 5.99. The van der Waals surface area contributed by atoms with E-state index in [0.29, 0.717) is 11.1 Å². The molecule has 3 nitrogen and oxygen atoms in total. The molecule has 0 aliphatic rings. The highest BCUT2D eigenvalue weighted by atomic mass is 32.2. The molecule has 1 rings (SSSR count). The van der Waals surface area contributed by atoms with Crippen molar-refractivity contribution in [2.24, 2.45) is 0 Å². The molecule has 100 valence electrons. The molecule has 0 aromatic heterocycles. The maximum atomic E-state index is 11.8. The highest BCUT2D eigenvalue weighted by Crippen LogP contribution is 2.29. The summed E-state index contributed by atoms with van der Waals surface area (Å²) < 4.78 is 35.5. The molecule has 0 spiro atoms. The molecule has 7 heteroatoms. The van der Waals surface area contributed by atoms with Gasteiger partial charge in [-0.1, -0.05) is 0 Å². The molecule has 0 saturated heterocycles. The fraction of sp³-hybridized carbons (Fsp3) is 0.364. The van der Waals surface area contributed by atoms with Crippen LogP contribution in [0.25, 0.3) is 0 Å². The number of phenols is 1. The highest BCUT2D eigenvalue weighted by molar-refractivity contribution is 8.00. The lowest BCUT2D eigenvalue weighted by Gasteiger charge is -2.08. The number of aromatic hydroxyl groups is 1. The van der Waals surface area contributed by atoms with E-state index in [0.717, 1.165) is 0 Å². The van der Waals surface area contributed by atoms with Crippen molar-refractivity contribution in [2.45, 2.75) is 12.4 Å². The lowest BCUT2D eigenvalue weighted by molar-refractivity contribution is -0.0327. The Morgan fingerprint density at radius 1 is 1.44 bits per heavy atom. The van der Waals surface area contributed by atoms with Gasteiger partial charge in [-0.3, -0.25) is 4.79 Å². The van der Waals surface area contributed by atoms with Gasteiger partial charge < -0.3 is 10.4 Å². The number of halogens is 3. The Morgan fingerprint density at radius 3 is 2.67 bits per heavy atom. The Morgan fingerprint density at radius 2 is 2.11 bits per heavy atom. The van der Waals surface area contributed by atoms with Crippen LogP contribution in [0.15, 0.2) is 18.2 Å². The molecule has 0 atom stereocenters. The molecule has 1 aromatic carbocycles. The number of phenolic OH excluding ortho intramolecular Hbond substituents is 1. The first-order chi connectivity index (χ1) is 8.29. The van der Waals surface area contributed by atoms with Crippen LogP contribution in [-0.2, 0) is 0 Å². The average Bonchev–Trinajstić information content (AvgIpc) is 2.26. The molecule has 0 unspecified atom stereocenters. The van der Waals surface area contributed by atoms with Crippen LogP contribution in [0.5, 0.6) is 5.75 Å². The van der Waals surface area contributed by atoms with Crippen LogP contribution in [0.2, 0.25) is 0 Å². The van der Waals surface area contributed by atoms with Crippen molar-refractivity contribution in [1.82, 2.24) is 5.32 Å². The van der Waals surface area contributed by atoms with Crippen LogP contribution in [0, 0.1) is 6.92 Å². The normalized spacial score (nSPS) is 11.3. The zero-order chi connectivity index (χ0) is 13.8. The summed E-state index contributed by atoms with van der Waals surface area (Å²) in [4.78, 5) is 11.5. The molecule has 0 heterocycles. The Hall–Kier alpha value is -1.37. The zero-order valence-corrected chi connectivity index (χ0v) is 10.4. The van der Waals surface area contributed by atoms with E-state index >= 15 is 0 Å². The summed E-state index contributed by atoms with van der Waals surface area (Å²) in [5.41, 5.74) is -3.44. The van der Waals surface area contributed by atoms with E-state index in [-0.39, 0.29) is 29.8 Å². The van der Waals surface area contributed by atoms with Gasteiger partial charge in [0.15, 0.2) is 0 Å². The van der Waals surface area contributed by atoms with Gasteiger partial charge in [-0.05, 0) is 42.4 Å². The molecular formula is C11H12F3NO2S. The van der Waals surface area contributed by atoms with Gasteiger partial charge >= 0.3 is 5.51 Å². The summed E-state index contributed by atoms with van der Waals surface area (Å²) in [6.45, 7) is 1.56. The van der Waals surface area contributed by atoms with E-state index in [2.05, 4.69) is 5.32 Å². The van der Waals surface area contributed by atoms with Crippen molar-refractivity contribution < 1.29 is 23.1 Å². The minimum atomic E-state index is -4.28. The molecule has 0 saturated carbocycles. The van der Waals surface area contributed by atoms with E-state index in [1.54, 1.807) is 6.92 Å². The number of nitrogens with one attached hydrogen (secondary N) is 1. The number of benzene rings is 1. The van der Waals surface area contributed by atoms with E-state index in [4.69, 9.17) is 0 Å². The smallest absolute Gasteiger partial charge is 0.441 e. The van der Waals surface area contributed by atoms with Crippen molar-refractivity contribution in [3.63, 3.8) is 0 Å². The monoisotopic (exact) mass is 279 g/mol. The molecule has 0 radical (unpaired) electrons. The van der Waals surface area contributed by atoms with Gasteiger partial charge in [0, 0.05) is 17.9 Å². The van der Waals surface area contributed by atoms with Crippen molar-refractivity contribution in [3.8, 4) is 5.75 Å². The average molecular weight is 279 g/mol. The lowest BCUT2D eigenvalue weighted by atomic mass is 10.1. The predicted octanol–water partition coefficient (Wildman–Crippen LogP) is 2.68. The van der Waals surface area contributed by atoms with Gasteiger partial charge in [0.1, 0.15) is 5.75 Å². The molecule has 0 fully saturated rings. The third-order valence-corrected chi connectivity index (χ3v) is 2.85. The molecule has 1 aromatic rings. The van der Waals surface area contributed by atoms with Crippen LogP contribution in [0.1, 0.15) is 15.9 Å². The largest absolute Gasteiger partial charge is 0.508 e. The molecule has 0 bridgehead atoms. The van der Waals surface area contributed by atoms with Crippen molar-refractivity contribution >= 4 is 17.7 Å². The summed E-state index contributed by atoms with van der Waals surface area (Å²) >= 11 is -0.178. The third-order valence-electron chi connectivity index (χ3n) is 2.11. The molecule has 0 aliphatic heterocycles. The highest BCUT2D eigenvalue weighted by Gasteiger charge is 2.27. The van der Waals surface area contributed by atoms with Gasteiger partial charge in [-0.2, -0.15) is 13.2 Å². The van der Waals surface area contributed by atoms with Crippen LogP contribution >= 0.6 is 11.8 Å². The number of carbonyl (C=O) groups excluding carboxylic acids is 1. The molecule has 0 aliphatic carbocycles. The fourth-order valence-electron chi connectivity index (χ4n) is 1.23. The number of hydrogen-bond acceptors (Lipinski definition) is 3. The van der Waals surface area contributed by atoms with E-state index in [9.17, 15) is 23.1 Å². The topological polar surface area (TPSA) is 49.3 Å². The maximum Gasteiger partial charge on any atom is 0.441 e. The van der Waals surface area contributed by atoms with E-state index < -0.39 is 11.4 Å². The number of aryl methyl sites for hydroxylation is 1. The molecule has 18 heavy (non-hydrogen) atoms. The lowest BCUT2D eigenvalue weighted by Crippen LogP contribution is -2.26. The summed E-state index contributed by atoms with van der Waals surface area (Å²) in [5, 5.41) is 11.6. The summed E-state index contributed by atoms with van der Waals surface area (Å²) in [6.07, 6.45) is 0. The number of alkyl halides is 3. The van der Waals surface area contributed by atoms with Gasteiger partial charge in [-0.15, -0.1) is 0 Å². The first-order valence-corrected chi connectivity index (χ1v) is 6.06. The second-order valence-corrected chi connectivity index (χ2v) is 4.71. The van der Waals surface area contributed by atoms with Crippen LogP contribution < -0.4 is 5.32 Å². The van der Waals surface area contributed by atoms with Gasteiger partial charge in [-0.25, -0.2) is 0 Å². The summed E-state index contributed by atoms with van der Waals surface area (Å²) in [6, 6.07) is 4.25. The number of rotatable bonds is 4. The number of amides is 1. The number of carbonyl (C=O) groups is 1. The fourth-order valence-corrected chi connectivity index (χ4v) is 1.67. The van der Waals surface area contributed by atoms with Crippen LogP contribution in [0.3, 0.4) is 0 Å². The van der Waals surface area contributed by atoms with E-state index in [1.165, 1.54) is 18.2 Å². The maximum absolute atomic E-state index is 11.8. The van der Waals surface area contributed by atoms with Crippen molar-refractivity contribution in [3.05, 3.63) is 29.3 Å². The molecular weight excluding hydrogens is 267 g/mol. The summed E-state index contributed by atoms with van der Waals surface area (Å²) in [7, 11) is 0. The number of hydrogen-bond donors (Lipinski definition) is 2. The first kappa shape index (κ1) is 14.7. The summed E-state index contributed by atoms with van der Waals surface area (Å²) in [5.74, 6) is -0.619. The van der Waals surface area contributed by atoms with Crippen molar-refractivity contribution in [2.75, 3.05) is 12.3 Å². The van der Waals surface area contributed by atoms with Gasteiger partial charge in [0.25, 0.3) is 5.91 Å². The van der Waals surface area contributed by atoms with Crippen LogP contribution in [0.4, 0.5) is 13.2 Å². The van der Waals surface area contributed by atoms with Crippen LogP contribution in [-0.4, -0.2) is 28.8 Å². The standard InChI is InChI=1S/C11H12F3NO2S/c1-7-6-8(2-3-9(7)16)10(17)15-4-5-18-11(12,13)14/h2-3,6,16H,4-5H2,1H3,(H,15,17). The first-order valence-electron chi connectivity index (χ1n) is 5.08. The molecule has 2 N–H and O–H groups in total. The SMILES string of the molecule is Cc1cc(C(=O)NCCSC(F)(F)F)ccc1O. The van der Waals surface area contributed by atoms with Gasteiger partial charge in [0.2, 0.25) is 0 Å². The number of thioether (sulfide) groups is 1. The molecule has 1 amide bonds.